The number of rotatable bonds is 3. The lowest BCUT2D eigenvalue weighted by Gasteiger charge is -2.43. The Bertz CT molecular complexity index is 1270. The van der Waals surface area contributed by atoms with Gasteiger partial charge in [0.15, 0.2) is 5.78 Å². The van der Waals surface area contributed by atoms with E-state index in [1.54, 1.807) is 17.0 Å². The van der Waals surface area contributed by atoms with Crippen molar-refractivity contribution in [1.29, 1.82) is 5.26 Å². The maximum atomic E-state index is 13.3. The van der Waals surface area contributed by atoms with Crippen LogP contribution in [0.25, 0.3) is 0 Å². The van der Waals surface area contributed by atoms with Gasteiger partial charge in [0.25, 0.3) is 0 Å². The van der Waals surface area contributed by atoms with Crippen molar-refractivity contribution in [2.24, 2.45) is 16.3 Å². The molecule has 9 heteroatoms. The van der Waals surface area contributed by atoms with Gasteiger partial charge in [0.2, 0.25) is 10.0 Å². The number of ketones is 1. The third-order valence-corrected chi connectivity index (χ3v) is 7.50. The van der Waals surface area contributed by atoms with Crippen molar-refractivity contribution in [3.8, 4) is 6.07 Å². The van der Waals surface area contributed by atoms with Crippen LogP contribution in [0.2, 0.25) is 0 Å². The van der Waals surface area contributed by atoms with Crippen LogP contribution < -0.4 is 15.8 Å². The van der Waals surface area contributed by atoms with E-state index in [1.807, 2.05) is 31.4 Å². The average molecular weight is 455 g/mol. The van der Waals surface area contributed by atoms with Gasteiger partial charge < -0.3 is 5.73 Å². The summed E-state index contributed by atoms with van der Waals surface area (Å²) in [6.45, 7) is 4.05. The molecule has 2 aromatic rings. The van der Waals surface area contributed by atoms with Crippen molar-refractivity contribution >= 4 is 32.8 Å². The summed E-state index contributed by atoms with van der Waals surface area (Å²) in [4.78, 5) is 15.9. The molecule has 0 radical (unpaired) electrons. The van der Waals surface area contributed by atoms with E-state index in [0.29, 0.717) is 29.7 Å². The fraction of sp³-hybridized carbons (Fsp3) is 0.273. The molecule has 1 aliphatic carbocycles. The van der Waals surface area contributed by atoms with Crippen LogP contribution in [0.15, 0.2) is 69.3 Å². The maximum absolute atomic E-state index is 13.3. The zero-order valence-corrected chi connectivity index (χ0v) is 18.8. The maximum Gasteiger partial charge on any atom is 0.238 e. The number of anilines is 1. The fourth-order valence-corrected chi connectivity index (χ4v) is 5.69. The Hall–Kier alpha value is -2.93. The summed E-state index contributed by atoms with van der Waals surface area (Å²) in [5.74, 6) is -0.256. The van der Waals surface area contributed by atoms with Gasteiger partial charge in [-0.2, -0.15) is 5.26 Å². The number of nitrogens with zero attached hydrogens (tertiary/aromatic N) is 2. The predicted molar refractivity (Wildman–Crippen MR) is 119 cm³/mol. The van der Waals surface area contributed by atoms with Gasteiger partial charge in [0.05, 0.1) is 22.5 Å². The molecule has 31 heavy (non-hydrogen) atoms. The summed E-state index contributed by atoms with van der Waals surface area (Å²) in [6, 6.07) is 12.0. The molecule has 0 saturated carbocycles. The van der Waals surface area contributed by atoms with Crippen LogP contribution in [-0.2, 0) is 14.8 Å². The molecule has 4 N–H and O–H groups in total. The molecule has 1 aromatic heterocycles. The standard InChI is InChI=1S/C22H22N4O3S2/c1-22(2)10-16-20(17(27)11-22)19(18-4-3-9-30-18)15(12-23)21(24)26(16)13-5-7-14(8-6-13)31(25,28)29/h3-9,19H,10-11,24H2,1-2H3,(H2,25,28,29). The largest absolute Gasteiger partial charge is 0.384 e. The van der Waals surface area contributed by atoms with Crippen LogP contribution in [0.1, 0.15) is 37.5 Å². The molecule has 0 saturated heterocycles. The number of hydrogen-bond acceptors (Lipinski definition) is 7. The summed E-state index contributed by atoms with van der Waals surface area (Å²) in [5, 5.41) is 17.1. The Morgan fingerprint density at radius 1 is 1.19 bits per heavy atom. The van der Waals surface area contributed by atoms with E-state index in [1.165, 1.54) is 23.5 Å². The van der Waals surface area contributed by atoms with Crippen LogP contribution in [0, 0.1) is 16.7 Å². The molecule has 1 atom stereocenters. The molecule has 2 heterocycles. The lowest BCUT2D eigenvalue weighted by Crippen LogP contribution is -2.42. The SMILES string of the molecule is CC1(C)CC(=O)C2=C(C1)N(c1ccc(S(N)(=O)=O)cc1)C(N)=C(C#N)C2c1cccs1. The number of carbonyl (C=O) groups excluding carboxylic acids is 1. The van der Waals surface area contributed by atoms with Crippen LogP contribution >= 0.6 is 11.3 Å². The Kier molecular flexibility index (Phi) is 5.04. The minimum absolute atomic E-state index is 0.00365. The first-order valence-corrected chi connectivity index (χ1v) is 12.1. The summed E-state index contributed by atoms with van der Waals surface area (Å²) in [5.41, 5.74) is 8.46. The Morgan fingerprint density at radius 3 is 2.42 bits per heavy atom. The highest BCUT2D eigenvalue weighted by atomic mass is 32.2. The highest BCUT2D eigenvalue weighted by molar-refractivity contribution is 7.89. The van der Waals surface area contributed by atoms with E-state index < -0.39 is 15.9 Å². The monoisotopic (exact) mass is 454 g/mol. The molecular weight excluding hydrogens is 432 g/mol. The number of nitriles is 1. The fourth-order valence-electron chi connectivity index (χ4n) is 4.33. The molecule has 1 aliphatic heterocycles. The van der Waals surface area contributed by atoms with E-state index in [2.05, 4.69) is 6.07 Å². The molecule has 4 rings (SSSR count). The third-order valence-electron chi connectivity index (χ3n) is 5.63. The Balaban J connectivity index is 1.95. The second-order valence-corrected chi connectivity index (χ2v) is 11.1. The number of allylic oxidation sites excluding steroid dienone is 3. The minimum Gasteiger partial charge on any atom is -0.384 e. The Morgan fingerprint density at radius 2 is 1.87 bits per heavy atom. The van der Waals surface area contributed by atoms with Gasteiger partial charge in [0.1, 0.15) is 5.82 Å². The van der Waals surface area contributed by atoms with Crippen LogP contribution in [-0.4, -0.2) is 14.2 Å². The third kappa shape index (κ3) is 3.67. The molecule has 2 aliphatic rings. The molecule has 0 amide bonds. The number of hydrogen-bond donors (Lipinski definition) is 2. The summed E-state index contributed by atoms with van der Waals surface area (Å²) < 4.78 is 23.3. The lowest BCUT2D eigenvalue weighted by atomic mass is 9.69. The Labute approximate surface area is 185 Å². The van der Waals surface area contributed by atoms with Crippen molar-refractivity contribution < 1.29 is 13.2 Å². The second kappa shape index (κ2) is 7.34. The molecule has 160 valence electrons. The van der Waals surface area contributed by atoms with Crippen molar-refractivity contribution in [2.75, 3.05) is 4.90 Å². The predicted octanol–water partition coefficient (Wildman–Crippen LogP) is 3.34. The number of sulfonamides is 1. The van der Waals surface area contributed by atoms with Gasteiger partial charge in [-0.1, -0.05) is 19.9 Å². The van der Waals surface area contributed by atoms with Gasteiger partial charge in [-0.05, 0) is 47.5 Å². The van der Waals surface area contributed by atoms with E-state index in [9.17, 15) is 18.5 Å². The van der Waals surface area contributed by atoms with Crippen molar-refractivity contribution in [3.63, 3.8) is 0 Å². The number of nitrogens with two attached hydrogens (primary N) is 2. The molecule has 7 nitrogen and oxygen atoms in total. The highest BCUT2D eigenvalue weighted by Gasteiger charge is 2.44. The van der Waals surface area contributed by atoms with Crippen LogP contribution in [0.5, 0.6) is 0 Å². The molecule has 1 unspecified atom stereocenters. The zero-order valence-electron chi connectivity index (χ0n) is 17.1. The lowest BCUT2D eigenvalue weighted by molar-refractivity contribution is -0.118. The van der Waals surface area contributed by atoms with E-state index in [-0.39, 0.29) is 21.9 Å². The molecule has 1 aromatic carbocycles. The summed E-state index contributed by atoms with van der Waals surface area (Å²) >= 11 is 1.48. The minimum atomic E-state index is -3.85. The zero-order chi connectivity index (χ0) is 22.6. The first kappa shape index (κ1) is 21.3. The molecule has 0 spiro atoms. The molecular formula is C22H22N4O3S2. The number of thiophene rings is 1. The van der Waals surface area contributed by atoms with Gasteiger partial charge in [-0.15, -0.1) is 11.3 Å². The average Bonchev–Trinajstić information content (AvgIpc) is 3.20. The van der Waals surface area contributed by atoms with Crippen molar-refractivity contribution in [1.82, 2.24) is 0 Å². The second-order valence-electron chi connectivity index (χ2n) is 8.53. The summed E-state index contributed by atoms with van der Waals surface area (Å²) in [6.07, 6.45) is 0.969. The molecule has 0 fully saturated rings. The van der Waals surface area contributed by atoms with Gasteiger partial charge in [-0.3, -0.25) is 9.69 Å². The van der Waals surface area contributed by atoms with Crippen molar-refractivity contribution in [2.45, 2.75) is 37.5 Å². The number of benzene rings is 1. The van der Waals surface area contributed by atoms with Gasteiger partial charge in [0, 0.05) is 28.3 Å². The van der Waals surface area contributed by atoms with Crippen LogP contribution in [0.3, 0.4) is 0 Å². The van der Waals surface area contributed by atoms with E-state index >= 15 is 0 Å². The number of Topliss-reactive ketones (excluding diaryl/α,β-unsaturated/α-hetero) is 1. The normalized spacial score (nSPS) is 21.2. The number of carbonyl (C=O) groups is 1. The topological polar surface area (TPSA) is 130 Å². The number of primary sulfonamides is 1. The molecule has 0 bridgehead atoms. The van der Waals surface area contributed by atoms with Gasteiger partial charge >= 0.3 is 0 Å². The smallest absolute Gasteiger partial charge is 0.238 e. The summed E-state index contributed by atoms with van der Waals surface area (Å²) in [7, 11) is -3.85. The van der Waals surface area contributed by atoms with E-state index in [0.717, 1.165) is 10.6 Å². The quantitative estimate of drug-likeness (QED) is 0.731. The van der Waals surface area contributed by atoms with Crippen molar-refractivity contribution in [3.05, 3.63) is 69.3 Å². The van der Waals surface area contributed by atoms with E-state index in [4.69, 9.17) is 10.9 Å². The van der Waals surface area contributed by atoms with Gasteiger partial charge in [-0.25, -0.2) is 13.6 Å². The first-order chi connectivity index (χ1) is 14.5. The van der Waals surface area contributed by atoms with Crippen LogP contribution in [0.4, 0.5) is 5.69 Å². The highest BCUT2D eigenvalue weighted by Crippen LogP contribution is 2.50. The first-order valence-electron chi connectivity index (χ1n) is 9.66.